The summed E-state index contributed by atoms with van der Waals surface area (Å²) in [5, 5.41) is -0.221. The van der Waals surface area contributed by atoms with Crippen LogP contribution >= 0.6 is 11.8 Å². The predicted octanol–water partition coefficient (Wildman–Crippen LogP) is 2.16. The van der Waals surface area contributed by atoms with Crippen molar-refractivity contribution in [1.82, 2.24) is 4.90 Å². The molecule has 2 amide bonds. The highest BCUT2D eigenvalue weighted by molar-refractivity contribution is 8.18. The Kier molecular flexibility index (Phi) is 4.76. The minimum atomic E-state index is -0.221. The second-order valence-corrected chi connectivity index (χ2v) is 5.20. The lowest BCUT2D eigenvalue weighted by Gasteiger charge is -2.09. The smallest absolute Gasteiger partial charge is 0.293 e. The van der Waals surface area contributed by atoms with Gasteiger partial charge in [0.05, 0.1) is 4.91 Å². The number of benzene rings is 1. The van der Waals surface area contributed by atoms with E-state index in [1.807, 2.05) is 36.4 Å². The van der Waals surface area contributed by atoms with E-state index in [2.05, 4.69) is 0 Å². The Balaban J connectivity index is 1.94. The average molecular weight is 276 g/mol. The largest absolute Gasteiger partial charge is 0.329 e. The van der Waals surface area contributed by atoms with Gasteiger partial charge in [0.15, 0.2) is 0 Å². The minimum absolute atomic E-state index is 0.214. The Morgan fingerprint density at radius 1 is 1.21 bits per heavy atom. The van der Waals surface area contributed by atoms with Gasteiger partial charge in [0.2, 0.25) is 0 Å². The third-order valence-electron chi connectivity index (χ3n) is 2.83. The van der Waals surface area contributed by atoms with Gasteiger partial charge >= 0.3 is 0 Å². The Labute approximate surface area is 116 Å². The molecular formula is C14H16N2O2S. The standard InChI is InChI=1S/C14H16N2O2S/c15-9-10-16-13(17)12(19-14(16)18)8-4-7-11-5-2-1-3-6-11/h1-3,5-6,8H,4,7,9-10,15H2. The van der Waals surface area contributed by atoms with Crippen LogP contribution in [0.1, 0.15) is 12.0 Å². The lowest BCUT2D eigenvalue weighted by atomic mass is 10.1. The zero-order valence-corrected chi connectivity index (χ0v) is 11.4. The van der Waals surface area contributed by atoms with Crippen molar-refractivity contribution < 1.29 is 9.59 Å². The van der Waals surface area contributed by atoms with Gasteiger partial charge in [-0.25, -0.2) is 0 Å². The molecule has 1 aromatic rings. The molecule has 0 unspecified atom stereocenters. The molecule has 1 aliphatic heterocycles. The van der Waals surface area contributed by atoms with Crippen LogP contribution in [0, 0.1) is 0 Å². The lowest BCUT2D eigenvalue weighted by Crippen LogP contribution is -2.33. The van der Waals surface area contributed by atoms with E-state index >= 15 is 0 Å². The van der Waals surface area contributed by atoms with Crippen molar-refractivity contribution in [1.29, 1.82) is 0 Å². The second-order valence-electron chi connectivity index (χ2n) is 4.21. The summed E-state index contributed by atoms with van der Waals surface area (Å²) in [4.78, 5) is 25.2. The molecule has 100 valence electrons. The van der Waals surface area contributed by atoms with Gasteiger partial charge in [0.25, 0.3) is 11.1 Å². The highest BCUT2D eigenvalue weighted by atomic mass is 32.2. The van der Waals surface area contributed by atoms with Gasteiger partial charge in [-0.1, -0.05) is 36.4 Å². The van der Waals surface area contributed by atoms with E-state index in [9.17, 15) is 9.59 Å². The highest BCUT2D eigenvalue weighted by Gasteiger charge is 2.33. The van der Waals surface area contributed by atoms with Crippen LogP contribution in [0.15, 0.2) is 41.3 Å². The molecule has 1 fully saturated rings. The van der Waals surface area contributed by atoms with Crippen LogP contribution in [0.3, 0.4) is 0 Å². The Morgan fingerprint density at radius 3 is 2.63 bits per heavy atom. The van der Waals surface area contributed by atoms with E-state index in [-0.39, 0.29) is 11.1 Å². The summed E-state index contributed by atoms with van der Waals surface area (Å²) < 4.78 is 0. The van der Waals surface area contributed by atoms with Crippen LogP contribution in [0.5, 0.6) is 0 Å². The molecular weight excluding hydrogens is 260 g/mol. The minimum Gasteiger partial charge on any atom is -0.329 e. The maximum Gasteiger partial charge on any atom is 0.293 e. The number of hydrogen-bond donors (Lipinski definition) is 1. The maximum atomic E-state index is 11.9. The second kappa shape index (κ2) is 6.54. The number of aryl methyl sites for hydroxylation is 1. The predicted molar refractivity (Wildman–Crippen MR) is 76.6 cm³/mol. The number of carbonyl (C=O) groups excluding carboxylic acids is 2. The molecule has 2 N–H and O–H groups in total. The molecule has 2 rings (SSSR count). The molecule has 0 aliphatic carbocycles. The number of hydrogen-bond acceptors (Lipinski definition) is 4. The maximum absolute atomic E-state index is 11.9. The van der Waals surface area contributed by atoms with Gasteiger partial charge in [-0.05, 0) is 30.2 Å². The first-order valence-corrected chi connectivity index (χ1v) is 7.02. The summed E-state index contributed by atoms with van der Waals surface area (Å²) in [6.07, 6.45) is 3.46. The molecule has 1 aliphatic rings. The Morgan fingerprint density at radius 2 is 1.95 bits per heavy atom. The van der Waals surface area contributed by atoms with Crippen LogP contribution in [-0.2, 0) is 11.2 Å². The number of amides is 2. The summed E-state index contributed by atoms with van der Waals surface area (Å²) in [6, 6.07) is 10.1. The number of carbonyl (C=O) groups is 2. The van der Waals surface area contributed by atoms with E-state index in [0.717, 1.165) is 24.6 Å². The van der Waals surface area contributed by atoms with Crippen LogP contribution in [0.25, 0.3) is 0 Å². The monoisotopic (exact) mass is 276 g/mol. The van der Waals surface area contributed by atoms with Crippen molar-refractivity contribution in [2.45, 2.75) is 12.8 Å². The van der Waals surface area contributed by atoms with Crippen molar-refractivity contribution in [2.75, 3.05) is 13.1 Å². The number of imide groups is 1. The average Bonchev–Trinajstić information content (AvgIpc) is 2.68. The first kappa shape index (κ1) is 13.8. The van der Waals surface area contributed by atoms with Gasteiger partial charge in [-0.15, -0.1) is 0 Å². The van der Waals surface area contributed by atoms with Crippen LogP contribution in [-0.4, -0.2) is 29.1 Å². The number of allylic oxidation sites excluding steroid dienone is 1. The van der Waals surface area contributed by atoms with E-state index in [1.165, 1.54) is 10.5 Å². The van der Waals surface area contributed by atoms with Crippen molar-refractivity contribution in [3.63, 3.8) is 0 Å². The third kappa shape index (κ3) is 3.45. The molecule has 0 spiro atoms. The number of thioether (sulfide) groups is 1. The molecule has 1 saturated heterocycles. The van der Waals surface area contributed by atoms with Crippen LogP contribution in [0.4, 0.5) is 4.79 Å². The van der Waals surface area contributed by atoms with Crippen molar-refractivity contribution >= 4 is 22.9 Å². The van der Waals surface area contributed by atoms with Crippen LogP contribution < -0.4 is 5.73 Å². The quantitative estimate of drug-likeness (QED) is 0.837. The first-order valence-electron chi connectivity index (χ1n) is 6.20. The number of nitrogens with two attached hydrogens (primary N) is 1. The molecule has 0 radical (unpaired) electrons. The van der Waals surface area contributed by atoms with E-state index in [4.69, 9.17) is 5.73 Å². The Hall–Kier alpha value is -1.59. The van der Waals surface area contributed by atoms with E-state index in [1.54, 1.807) is 0 Å². The lowest BCUT2D eigenvalue weighted by molar-refractivity contribution is -0.122. The normalized spacial score (nSPS) is 17.5. The first-order chi connectivity index (χ1) is 9.22. The number of nitrogens with zero attached hydrogens (tertiary/aromatic N) is 1. The van der Waals surface area contributed by atoms with Crippen LogP contribution in [0.2, 0.25) is 0 Å². The SMILES string of the molecule is NCCN1C(=O)SC(=CCCc2ccccc2)C1=O. The number of rotatable bonds is 5. The summed E-state index contributed by atoms with van der Waals surface area (Å²) in [5.41, 5.74) is 6.60. The molecule has 0 bridgehead atoms. The molecule has 4 nitrogen and oxygen atoms in total. The zero-order valence-electron chi connectivity index (χ0n) is 10.5. The fourth-order valence-electron chi connectivity index (χ4n) is 1.87. The van der Waals surface area contributed by atoms with Gasteiger partial charge in [-0.2, -0.15) is 0 Å². The van der Waals surface area contributed by atoms with Crippen molar-refractivity contribution in [3.8, 4) is 0 Å². The highest BCUT2D eigenvalue weighted by Crippen LogP contribution is 2.30. The molecule has 0 saturated carbocycles. The third-order valence-corrected chi connectivity index (χ3v) is 3.79. The molecule has 19 heavy (non-hydrogen) atoms. The topological polar surface area (TPSA) is 63.4 Å². The molecule has 1 aromatic carbocycles. The van der Waals surface area contributed by atoms with Gasteiger partial charge < -0.3 is 5.73 Å². The fraction of sp³-hybridized carbons (Fsp3) is 0.286. The summed E-state index contributed by atoms with van der Waals surface area (Å²) in [6.45, 7) is 0.593. The fourth-order valence-corrected chi connectivity index (χ4v) is 2.75. The molecule has 1 heterocycles. The van der Waals surface area contributed by atoms with Crippen molar-refractivity contribution in [2.24, 2.45) is 5.73 Å². The van der Waals surface area contributed by atoms with E-state index < -0.39 is 0 Å². The van der Waals surface area contributed by atoms with E-state index in [0.29, 0.717) is 18.0 Å². The zero-order chi connectivity index (χ0) is 13.7. The van der Waals surface area contributed by atoms with Crippen molar-refractivity contribution in [3.05, 3.63) is 46.9 Å². The van der Waals surface area contributed by atoms with Gasteiger partial charge in [-0.3, -0.25) is 14.5 Å². The summed E-state index contributed by atoms with van der Waals surface area (Å²) in [5.74, 6) is -0.214. The Bertz CT molecular complexity index is 499. The van der Waals surface area contributed by atoms with Gasteiger partial charge in [0.1, 0.15) is 0 Å². The summed E-state index contributed by atoms with van der Waals surface area (Å²) >= 11 is 1.000. The van der Waals surface area contributed by atoms with Gasteiger partial charge in [0, 0.05) is 13.1 Å². The molecule has 0 atom stereocenters. The molecule has 5 heteroatoms. The molecule has 0 aromatic heterocycles. The summed E-state index contributed by atoms with van der Waals surface area (Å²) in [7, 11) is 0.